The van der Waals surface area contributed by atoms with E-state index >= 15 is 0 Å². The second kappa shape index (κ2) is 6.37. The van der Waals surface area contributed by atoms with Gasteiger partial charge in [0, 0.05) is 13.1 Å². The molecule has 17 heavy (non-hydrogen) atoms. The van der Waals surface area contributed by atoms with Gasteiger partial charge in [0.1, 0.15) is 6.04 Å². The molecule has 92 valence electrons. The topological polar surface area (TPSA) is 50.4 Å². The smallest absolute Gasteiger partial charge is 0.239 e. The Labute approximate surface area is 101 Å². The molecule has 1 aliphatic heterocycles. The lowest BCUT2D eigenvalue weighted by atomic mass is 10.1. The van der Waals surface area contributed by atoms with Gasteiger partial charge in [0.05, 0.1) is 13.2 Å². The van der Waals surface area contributed by atoms with Crippen molar-refractivity contribution in [2.75, 3.05) is 26.3 Å². The van der Waals surface area contributed by atoms with Crippen molar-refractivity contribution < 1.29 is 9.53 Å². The molecular weight excluding hydrogens is 216 g/mol. The van der Waals surface area contributed by atoms with Gasteiger partial charge in [0.2, 0.25) is 5.91 Å². The first-order valence-electron chi connectivity index (χ1n) is 5.99. The molecule has 0 bridgehead atoms. The molecule has 0 saturated carbocycles. The molecule has 0 aliphatic carbocycles. The van der Waals surface area contributed by atoms with Gasteiger partial charge in [-0.2, -0.15) is 0 Å². The van der Waals surface area contributed by atoms with E-state index in [-0.39, 0.29) is 11.9 Å². The van der Waals surface area contributed by atoms with Crippen molar-refractivity contribution in [3.8, 4) is 0 Å². The molecule has 1 heterocycles. The number of rotatable bonds is 4. The number of carbonyl (C=O) groups is 1. The number of hydrogen-bond acceptors (Lipinski definition) is 3. The molecule has 1 aromatic carbocycles. The molecule has 1 unspecified atom stereocenters. The van der Waals surface area contributed by atoms with Crippen LogP contribution in [0, 0.1) is 0 Å². The summed E-state index contributed by atoms with van der Waals surface area (Å²) in [5.74, 6) is 0.0284. The van der Waals surface area contributed by atoms with Gasteiger partial charge in [-0.3, -0.25) is 4.79 Å². The number of amides is 1. The number of ether oxygens (including phenoxy) is 1. The standard InChI is InChI=1S/C13H18N2O2/c16-13(12-10-17-9-8-14-12)15-7-6-11-4-2-1-3-5-11/h1-5,12,14H,6-10H2,(H,15,16). The first kappa shape index (κ1) is 12.1. The third-order valence-electron chi connectivity index (χ3n) is 2.79. The predicted octanol–water partition coefficient (Wildman–Crippen LogP) is 0.334. The van der Waals surface area contributed by atoms with E-state index in [0.29, 0.717) is 19.8 Å². The molecule has 2 N–H and O–H groups in total. The van der Waals surface area contributed by atoms with Gasteiger partial charge >= 0.3 is 0 Å². The Balaban J connectivity index is 1.69. The van der Waals surface area contributed by atoms with Gasteiger partial charge in [-0.15, -0.1) is 0 Å². The molecular formula is C13H18N2O2. The Hall–Kier alpha value is -1.39. The van der Waals surface area contributed by atoms with Crippen molar-refractivity contribution in [1.82, 2.24) is 10.6 Å². The van der Waals surface area contributed by atoms with Crippen LogP contribution in [0.4, 0.5) is 0 Å². The molecule has 4 heteroatoms. The Morgan fingerprint density at radius 3 is 2.94 bits per heavy atom. The molecule has 1 aliphatic rings. The molecule has 4 nitrogen and oxygen atoms in total. The molecule has 1 saturated heterocycles. The molecule has 0 aromatic heterocycles. The lowest BCUT2D eigenvalue weighted by Gasteiger charge is -2.22. The fourth-order valence-electron chi connectivity index (χ4n) is 1.83. The van der Waals surface area contributed by atoms with Gasteiger partial charge in [0.25, 0.3) is 0 Å². The SMILES string of the molecule is O=C(NCCc1ccccc1)C1COCCN1. The molecule has 1 amide bonds. The third kappa shape index (κ3) is 3.84. The molecule has 1 fully saturated rings. The van der Waals surface area contributed by atoms with E-state index in [4.69, 9.17) is 4.74 Å². The third-order valence-corrected chi connectivity index (χ3v) is 2.79. The maximum atomic E-state index is 11.7. The number of nitrogens with one attached hydrogen (secondary N) is 2. The van der Waals surface area contributed by atoms with Crippen molar-refractivity contribution in [3.63, 3.8) is 0 Å². The first-order valence-corrected chi connectivity index (χ1v) is 5.99. The van der Waals surface area contributed by atoms with E-state index in [2.05, 4.69) is 22.8 Å². The zero-order chi connectivity index (χ0) is 11.9. The zero-order valence-corrected chi connectivity index (χ0v) is 9.82. The fraction of sp³-hybridized carbons (Fsp3) is 0.462. The highest BCUT2D eigenvalue weighted by molar-refractivity contribution is 5.81. The molecule has 2 rings (SSSR count). The van der Waals surface area contributed by atoms with E-state index in [1.165, 1.54) is 5.56 Å². The summed E-state index contributed by atoms with van der Waals surface area (Å²) in [5, 5.41) is 6.05. The summed E-state index contributed by atoms with van der Waals surface area (Å²) < 4.78 is 5.24. The van der Waals surface area contributed by atoms with Crippen molar-refractivity contribution in [3.05, 3.63) is 35.9 Å². The monoisotopic (exact) mass is 234 g/mol. The second-order valence-corrected chi connectivity index (χ2v) is 4.11. The summed E-state index contributed by atoms with van der Waals surface area (Å²) >= 11 is 0. The van der Waals surface area contributed by atoms with Crippen molar-refractivity contribution in [1.29, 1.82) is 0 Å². The van der Waals surface area contributed by atoms with Crippen LogP contribution in [0.5, 0.6) is 0 Å². The minimum absolute atomic E-state index is 0.0284. The number of benzene rings is 1. The molecule has 1 aromatic rings. The van der Waals surface area contributed by atoms with Crippen LogP contribution in [0.2, 0.25) is 0 Å². The second-order valence-electron chi connectivity index (χ2n) is 4.11. The van der Waals surface area contributed by atoms with Crippen LogP contribution in [-0.2, 0) is 16.0 Å². The van der Waals surface area contributed by atoms with Crippen LogP contribution in [-0.4, -0.2) is 38.3 Å². The van der Waals surface area contributed by atoms with Crippen LogP contribution in [0.1, 0.15) is 5.56 Å². The minimum atomic E-state index is -0.195. The maximum absolute atomic E-state index is 11.7. The number of morpholine rings is 1. The zero-order valence-electron chi connectivity index (χ0n) is 9.82. The van der Waals surface area contributed by atoms with Gasteiger partial charge in [-0.25, -0.2) is 0 Å². The number of hydrogen-bond donors (Lipinski definition) is 2. The maximum Gasteiger partial charge on any atom is 0.239 e. The lowest BCUT2D eigenvalue weighted by molar-refractivity contribution is -0.125. The van der Waals surface area contributed by atoms with Crippen LogP contribution in [0.15, 0.2) is 30.3 Å². The van der Waals surface area contributed by atoms with E-state index in [1.807, 2.05) is 18.2 Å². The largest absolute Gasteiger partial charge is 0.378 e. The highest BCUT2D eigenvalue weighted by Gasteiger charge is 2.20. The molecule has 0 radical (unpaired) electrons. The van der Waals surface area contributed by atoms with E-state index < -0.39 is 0 Å². The van der Waals surface area contributed by atoms with Gasteiger partial charge in [0.15, 0.2) is 0 Å². The van der Waals surface area contributed by atoms with Gasteiger partial charge < -0.3 is 15.4 Å². The molecule has 1 atom stereocenters. The predicted molar refractivity (Wildman–Crippen MR) is 65.8 cm³/mol. The average Bonchev–Trinajstić information content (AvgIpc) is 2.41. The Bertz CT molecular complexity index is 348. The Morgan fingerprint density at radius 1 is 1.41 bits per heavy atom. The summed E-state index contributed by atoms with van der Waals surface area (Å²) in [7, 11) is 0. The Morgan fingerprint density at radius 2 is 2.24 bits per heavy atom. The van der Waals surface area contributed by atoms with Crippen molar-refractivity contribution >= 4 is 5.91 Å². The van der Waals surface area contributed by atoms with Crippen LogP contribution in [0.3, 0.4) is 0 Å². The highest BCUT2D eigenvalue weighted by atomic mass is 16.5. The Kier molecular flexibility index (Phi) is 4.53. The number of carbonyl (C=O) groups excluding carboxylic acids is 1. The van der Waals surface area contributed by atoms with E-state index in [0.717, 1.165) is 13.0 Å². The minimum Gasteiger partial charge on any atom is -0.378 e. The van der Waals surface area contributed by atoms with Crippen LogP contribution >= 0.6 is 0 Å². The highest BCUT2D eigenvalue weighted by Crippen LogP contribution is 1.98. The van der Waals surface area contributed by atoms with Gasteiger partial charge in [-0.1, -0.05) is 30.3 Å². The first-order chi connectivity index (χ1) is 8.36. The normalized spacial score (nSPS) is 19.9. The van der Waals surface area contributed by atoms with Crippen LogP contribution < -0.4 is 10.6 Å². The summed E-state index contributed by atoms with van der Waals surface area (Å²) in [5.41, 5.74) is 1.24. The van der Waals surface area contributed by atoms with Crippen molar-refractivity contribution in [2.45, 2.75) is 12.5 Å². The van der Waals surface area contributed by atoms with Crippen LogP contribution in [0.25, 0.3) is 0 Å². The lowest BCUT2D eigenvalue weighted by Crippen LogP contribution is -2.51. The quantitative estimate of drug-likeness (QED) is 0.789. The van der Waals surface area contributed by atoms with E-state index in [1.54, 1.807) is 0 Å². The summed E-state index contributed by atoms with van der Waals surface area (Å²) in [6, 6.07) is 9.94. The summed E-state index contributed by atoms with van der Waals surface area (Å²) in [4.78, 5) is 11.7. The average molecular weight is 234 g/mol. The summed E-state index contributed by atoms with van der Waals surface area (Å²) in [6.07, 6.45) is 0.861. The fourth-order valence-corrected chi connectivity index (χ4v) is 1.83. The van der Waals surface area contributed by atoms with E-state index in [9.17, 15) is 4.79 Å². The van der Waals surface area contributed by atoms with Crippen molar-refractivity contribution in [2.24, 2.45) is 0 Å². The molecule has 0 spiro atoms. The van der Waals surface area contributed by atoms with Gasteiger partial charge in [-0.05, 0) is 12.0 Å². The summed E-state index contributed by atoms with van der Waals surface area (Å²) in [6.45, 7) is 2.57.